The number of hydrogen-bond acceptors (Lipinski definition) is 3. The van der Waals surface area contributed by atoms with Gasteiger partial charge in [-0.05, 0) is 19.8 Å². The molecule has 0 N–H and O–H groups in total. The van der Waals surface area contributed by atoms with E-state index in [-0.39, 0.29) is 0 Å². The zero-order valence-electron chi connectivity index (χ0n) is 7.72. The molecule has 2 nitrogen and oxygen atoms in total. The van der Waals surface area contributed by atoms with Crippen LogP contribution in [0.1, 0.15) is 23.4 Å². The fourth-order valence-electron chi connectivity index (χ4n) is 1.58. The largest absolute Gasteiger partial charge is 0.348 e. The van der Waals surface area contributed by atoms with Crippen LogP contribution in [0.3, 0.4) is 0 Å². The highest BCUT2D eigenvalue weighted by molar-refractivity contribution is 9.08. The van der Waals surface area contributed by atoms with Crippen LogP contribution in [-0.2, 0) is 5.33 Å². The fourth-order valence-corrected chi connectivity index (χ4v) is 3.29. The molecule has 4 heteroatoms. The zero-order chi connectivity index (χ0) is 9.26. The Morgan fingerprint density at radius 1 is 1.46 bits per heavy atom. The second-order valence-corrected chi connectivity index (χ2v) is 4.96. The molecule has 2 heterocycles. The molecule has 0 amide bonds. The number of aromatic nitrogens is 1. The highest BCUT2D eigenvalue weighted by Gasteiger charge is 2.16. The van der Waals surface area contributed by atoms with Crippen molar-refractivity contribution in [3.05, 3.63) is 10.6 Å². The molecule has 13 heavy (non-hydrogen) atoms. The number of hydrogen-bond donors (Lipinski definition) is 0. The molecule has 0 atom stereocenters. The molecule has 1 aromatic rings. The number of aryl methyl sites for hydroxylation is 1. The van der Waals surface area contributed by atoms with Gasteiger partial charge in [-0.15, -0.1) is 11.3 Å². The van der Waals surface area contributed by atoms with Crippen molar-refractivity contribution in [2.75, 3.05) is 18.0 Å². The van der Waals surface area contributed by atoms with Gasteiger partial charge in [-0.3, -0.25) is 0 Å². The number of alkyl halides is 1. The van der Waals surface area contributed by atoms with Gasteiger partial charge in [-0.2, -0.15) is 0 Å². The average Bonchev–Trinajstić information content (AvgIpc) is 2.71. The van der Waals surface area contributed by atoms with Crippen molar-refractivity contribution in [1.29, 1.82) is 0 Å². The van der Waals surface area contributed by atoms with E-state index in [2.05, 4.69) is 32.7 Å². The van der Waals surface area contributed by atoms with Crippen LogP contribution in [0.5, 0.6) is 0 Å². The first-order valence-electron chi connectivity index (χ1n) is 4.58. The second kappa shape index (κ2) is 3.96. The van der Waals surface area contributed by atoms with Crippen LogP contribution in [0.15, 0.2) is 0 Å². The van der Waals surface area contributed by atoms with Crippen LogP contribution < -0.4 is 4.90 Å². The van der Waals surface area contributed by atoms with Crippen molar-refractivity contribution >= 4 is 32.4 Å². The molecule has 1 saturated heterocycles. The monoisotopic (exact) mass is 260 g/mol. The van der Waals surface area contributed by atoms with Gasteiger partial charge in [0.15, 0.2) is 5.13 Å². The summed E-state index contributed by atoms with van der Waals surface area (Å²) in [6.45, 7) is 4.47. The van der Waals surface area contributed by atoms with Gasteiger partial charge in [0, 0.05) is 23.3 Å². The van der Waals surface area contributed by atoms with Crippen molar-refractivity contribution < 1.29 is 0 Å². The molecule has 1 aliphatic rings. The molecule has 1 aliphatic heterocycles. The van der Waals surface area contributed by atoms with Crippen molar-refractivity contribution in [2.45, 2.75) is 25.1 Å². The first-order chi connectivity index (χ1) is 6.31. The predicted octanol–water partition coefficient (Wildman–Crippen LogP) is 2.95. The van der Waals surface area contributed by atoms with Gasteiger partial charge >= 0.3 is 0 Å². The Balaban J connectivity index is 2.20. The van der Waals surface area contributed by atoms with Crippen molar-refractivity contribution in [3.63, 3.8) is 0 Å². The van der Waals surface area contributed by atoms with Gasteiger partial charge in [0.2, 0.25) is 0 Å². The smallest absolute Gasteiger partial charge is 0.185 e. The van der Waals surface area contributed by atoms with Gasteiger partial charge in [-0.25, -0.2) is 4.98 Å². The van der Waals surface area contributed by atoms with Crippen LogP contribution in [0.2, 0.25) is 0 Å². The summed E-state index contributed by atoms with van der Waals surface area (Å²) in [6, 6.07) is 0. The minimum absolute atomic E-state index is 0.935. The van der Waals surface area contributed by atoms with Crippen molar-refractivity contribution in [3.8, 4) is 0 Å². The molecule has 0 saturated carbocycles. The minimum atomic E-state index is 0.935. The van der Waals surface area contributed by atoms with Gasteiger partial charge < -0.3 is 4.90 Å². The van der Waals surface area contributed by atoms with E-state index in [1.54, 1.807) is 0 Å². The predicted molar refractivity (Wildman–Crippen MR) is 60.9 cm³/mol. The van der Waals surface area contributed by atoms with E-state index in [0.29, 0.717) is 0 Å². The standard InChI is InChI=1S/C9H13BrN2S/c1-7-8(6-10)13-9(11-7)12-4-2-3-5-12/h2-6H2,1H3. The Morgan fingerprint density at radius 3 is 2.69 bits per heavy atom. The van der Waals surface area contributed by atoms with Gasteiger partial charge in [0.25, 0.3) is 0 Å². The molecule has 2 rings (SSSR count). The lowest BCUT2D eigenvalue weighted by Crippen LogP contribution is -2.17. The number of nitrogens with zero attached hydrogens (tertiary/aromatic N) is 2. The summed E-state index contributed by atoms with van der Waals surface area (Å²) in [4.78, 5) is 8.33. The molecule has 1 fully saturated rings. The minimum Gasteiger partial charge on any atom is -0.348 e. The van der Waals surface area contributed by atoms with Crippen LogP contribution in [-0.4, -0.2) is 18.1 Å². The van der Waals surface area contributed by atoms with E-state index in [1.165, 1.54) is 41.6 Å². The highest BCUT2D eigenvalue weighted by Crippen LogP contribution is 2.29. The lowest BCUT2D eigenvalue weighted by molar-refractivity contribution is 0.949. The van der Waals surface area contributed by atoms with E-state index in [9.17, 15) is 0 Å². The maximum Gasteiger partial charge on any atom is 0.185 e. The van der Waals surface area contributed by atoms with E-state index < -0.39 is 0 Å². The maximum atomic E-state index is 4.58. The van der Waals surface area contributed by atoms with Crippen LogP contribution in [0.25, 0.3) is 0 Å². The lowest BCUT2D eigenvalue weighted by atomic mass is 10.4. The molecular weight excluding hydrogens is 248 g/mol. The molecule has 1 aromatic heterocycles. The molecule has 0 spiro atoms. The molecular formula is C9H13BrN2S. The Hall–Kier alpha value is -0.0900. The molecule has 0 unspecified atom stereocenters. The van der Waals surface area contributed by atoms with Crippen molar-refractivity contribution in [2.24, 2.45) is 0 Å². The number of rotatable bonds is 2. The molecule has 0 bridgehead atoms. The molecule has 0 aromatic carbocycles. The van der Waals surface area contributed by atoms with Crippen LogP contribution in [0, 0.1) is 6.92 Å². The Morgan fingerprint density at radius 2 is 2.15 bits per heavy atom. The Labute approximate surface area is 91.1 Å². The van der Waals surface area contributed by atoms with E-state index >= 15 is 0 Å². The lowest BCUT2D eigenvalue weighted by Gasteiger charge is -2.11. The third-order valence-corrected chi connectivity index (χ3v) is 4.53. The zero-order valence-corrected chi connectivity index (χ0v) is 10.1. The molecule has 72 valence electrons. The normalized spacial score (nSPS) is 16.9. The third kappa shape index (κ3) is 1.89. The molecule has 0 aliphatic carbocycles. The summed E-state index contributed by atoms with van der Waals surface area (Å²) in [5.74, 6) is 0. The Bertz CT molecular complexity index is 292. The van der Waals surface area contributed by atoms with Gasteiger partial charge in [0.1, 0.15) is 0 Å². The first-order valence-corrected chi connectivity index (χ1v) is 6.52. The number of anilines is 1. The topological polar surface area (TPSA) is 16.1 Å². The van der Waals surface area contributed by atoms with E-state index in [4.69, 9.17) is 0 Å². The Kier molecular flexibility index (Phi) is 2.89. The summed E-state index contributed by atoms with van der Waals surface area (Å²) in [6.07, 6.45) is 2.64. The third-order valence-electron chi connectivity index (χ3n) is 2.38. The van der Waals surface area contributed by atoms with Gasteiger partial charge in [-0.1, -0.05) is 15.9 Å². The summed E-state index contributed by atoms with van der Waals surface area (Å²) in [5, 5.41) is 2.15. The van der Waals surface area contributed by atoms with E-state index in [1.807, 2.05) is 11.3 Å². The molecule has 0 radical (unpaired) electrons. The highest BCUT2D eigenvalue weighted by atomic mass is 79.9. The number of halogens is 1. The van der Waals surface area contributed by atoms with Crippen molar-refractivity contribution in [1.82, 2.24) is 4.98 Å². The summed E-state index contributed by atoms with van der Waals surface area (Å²) in [7, 11) is 0. The second-order valence-electron chi connectivity index (χ2n) is 3.33. The SMILES string of the molecule is Cc1nc(N2CCCC2)sc1CBr. The van der Waals surface area contributed by atoms with Crippen LogP contribution in [0.4, 0.5) is 5.13 Å². The quantitative estimate of drug-likeness (QED) is 0.761. The van der Waals surface area contributed by atoms with E-state index in [0.717, 1.165) is 5.33 Å². The fraction of sp³-hybridized carbons (Fsp3) is 0.667. The number of thiazole rings is 1. The average molecular weight is 261 g/mol. The summed E-state index contributed by atoms with van der Waals surface area (Å²) >= 11 is 5.31. The van der Waals surface area contributed by atoms with Crippen LogP contribution >= 0.6 is 27.3 Å². The van der Waals surface area contributed by atoms with Gasteiger partial charge in [0.05, 0.1) is 5.69 Å². The summed E-state index contributed by atoms with van der Waals surface area (Å²) in [5.41, 5.74) is 1.18. The maximum absolute atomic E-state index is 4.58. The first kappa shape index (κ1) is 9.46. The summed E-state index contributed by atoms with van der Waals surface area (Å²) < 4.78 is 0.